The van der Waals surface area contributed by atoms with E-state index >= 15 is 0 Å². The van der Waals surface area contributed by atoms with Gasteiger partial charge in [-0.05, 0) is 43.0 Å². The van der Waals surface area contributed by atoms with Crippen LogP contribution in [0.4, 0.5) is 5.13 Å². The molecule has 0 unspecified atom stereocenters. The van der Waals surface area contributed by atoms with E-state index in [9.17, 15) is 4.79 Å². The van der Waals surface area contributed by atoms with E-state index < -0.39 is 0 Å². The summed E-state index contributed by atoms with van der Waals surface area (Å²) in [7, 11) is 0. The molecule has 0 spiro atoms. The van der Waals surface area contributed by atoms with Crippen molar-refractivity contribution in [2.24, 2.45) is 0 Å². The van der Waals surface area contributed by atoms with Crippen LogP contribution in [0, 0.1) is 0 Å². The van der Waals surface area contributed by atoms with E-state index in [2.05, 4.69) is 32.3 Å². The summed E-state index contributed by atoms with van der Waals surface area (Å²) in [5.74, 6) is 0.502. The molecular weight excluding hydrogens is 296 g/mol. The van der Waals surface area contributed by atoms with Gasteiger partial charge in [-0.15, -0.1) is 11.3 Å². The van der Waals surface area contributed by atoms with Gasteiger partial charge >= 0.3 is 0 Å². The fourth-order valence-corrected chi connectivity index (χ4v) is 3.67. The maximum absolute atomic E-state index is 11.1. The first-order valence-corrected chi connectivity index (χ1v) is 8.43. The molecule has 1 atom stereocenters. The lowest BCUT2D eigenvalue weighted by molar-refractivity contribution is -0.114. The average molecular weight is 316 g/mol. The van der Waals surface area contributed by atoms with Crippen molar-refractivity contribution in [1.82, 2.24) is 14.9 Å². The van der Waals surface area contributed by atoms with Crippen molar-refractivity contribution in [3.05, 3.63) is 41.2 Å². The Hall–Kier alpha value is -1.79. The van der Waals surface area contributed by atoms with Crippen LogP contribution >= 0.6 is 11.3 Å². The van der Waals surface area contributed by atoms with Crippen molar-refractivity contribution in [3.63, 3.8) is 0 Å². The fraction of sp³-hybridized carbons (Fsp3) is 0.438. The van der Waals surface area contributed by atoms with Crippen molar-refractivity contribution in [1.29, 1.82) is 0 Å². The molecule has 3 rings (SSSR count). The molecule has 2 aromatic rings. The Balaban J connectivity index is 1.60. The van der Waals surface area contributed by atoms with Gasteiger partial charge in [-0.3, -0.25) is 14.7 Å². The van der Waals surface area contributed by atoms with Gasteiger partial charge in [0, 0.05) is 37.8 Å². The second-order valence-electron chi connectivity index (χ2n) is 5.68. The molecule has 0 aliphatic carbocycles. The van der Waals surface area contributed by atoms with Crippen LogP contribution in [0.2, 0.25) is 0 Å². The molecular formula is C16H20N4OS. The molecule has 1 N–H and O–H groups in total. The number of pyridine rings is 1. The molecule has 0 radical (unpaired) electrons. The second-order valence-corrected chi connectivity index (χ2v) is 6.54. The largest absolute Gasteiger partial charge is 0.302 e. The summed E-state index contributed by atoms with van der Waals surface area (Å²) in [5, 5.41) is 5.45. The number of piperidine rings is 1. The summed E-state index contributed by atoms with van der Waals surface area (Å²) in [5.41, 5.74) is 2.40. The van der Waals surface area contributed by atoms with Gasteiger partial charge in [0.15, 0.2) is 5.13 Å². The predicted molar refractivity (Wildman–Crippen MR) is 87.9 cm³/mol. The normalized spacial score (nSPS) is 19.0. The molecule has 22 heavy (non-hydrogen) atoms. The Morgan fingerprint density at radius 3 is 3.05 bits per heavy atom. The summed E-state index contributed by atoms with van der Waals surface area (Å²) in [6.45, 7) is 4.51. The molecule has 2 aromatic heterocycles. The van der Waals surface area contributed by atoms with Gasteiger partial charge in [0.05, 0.1) is 5.69 Å². The van der Waals surface area contributed by atoms with Gasteiger partial charge in [-0.2, -0.15) is 0 Å². The van der Waals surface area contributed by atoms with Crippen LogP contribution in [0.15, 0.2) is 29.9 Å². The molecule has 0 saturated carbocycles. The Morgan fingerprint density at radius 1 is 1.45 bits per heavy atom. The quantitative estimate of drug-likeness (QED) is 0.942. The van der Waals surface area contributed by atoms with Crippen molar-refractivity contribution < 1.29 is 4.79 Å². The van der Waals surface area contributed by atoms with Gasteiger partial charge < -0.3 is 5.32 Å². The number of amides is 1. The fourth-order valence-electron chi connectivity index (χ4n) is 2.92. The number of carbonyl (C=O) groups is 1. The van der Waals surface area contributed by atoms with E-state index in [1.807, 2.05) is 17.8 Å². The van der Waals surface area contributed by atoms with Crippen LogP contribution in [0.25, 0.3) is 0 Å². The molecule has 1 saturated heterocycles. The van der Waals surface area contributed by atoms with Crippen molar-refractivity contribution >= 4 is 22.4 Å². The number of anilines is 1. The number of rotatable bonds is 4. The summed E-state index contributed by atoms with van der Waals surface area (Å²) < 4.78 is 0. The van der Waals surface area contributed by atoms with Crippen LogP contribution in [0.5, 0.6) is 0 Å². The average Bonchev–Trinajstić information content (AvgIpc) is 2.94. The molecule has 6 heteroatoms. The van der Waals surface area contributed by atoms with Crippen molar-refractivity contribution in [3.8, 4) is 0 Å². The number of likely N-dealkylation sites (tertiary alicyclic amines) is 1. The van der Waals surface area contributed by atoms with Gasteiger partial charge in [0.1, 0.15) is 0 Å². The summed E-state index contributed by atoms with van der Waals surface area (Å²) >= 11 is 1.49. The first-order chi connectivity index (χ1) is 10.7. The molecule has 1 fully saturated rings. The van der Waals surface area contributed by atoms with E-state index in [-0.39, 0.29) is 5.91 Å². The molecule has 5 nitrogen and oxygen atoms in total. The highest BCUT2D eigenvalue weighted by atomic mass is 32.1. The summed E-state index contributed by atoms with van der Waals surface area (Å²) in [6, 6.07) is 4.23. The zero-order valence-electron chi connectivity index (χ0n) is 12.7. The SMILES string of the molecule is CC(=O)Nc1nc(CN2CCC[C@H](c3ccncc3)C2)cs1. The van der Waals surface area contributed by atoms with Gasteiger partial charge in [-0.1, -0.05) is 0 Å². The van der Waals surface area contributed by atoms with Crippen LogP contribution in [-0.2, 0) is 11.3 Å². The van der Waals surface area contributed by atoms with E-state index in [0.717, 1.165) is 25.3 Å². The maximum Gasteiger partial charge on any atom is 0.223 e. The van der Waals surface area contributed by atoms with Gasteiger partial charge in [0.25, 0.3) is 0 Å². The number of thiazole rings is 1. The summed E-state index contributed by atoms with van der Waals surface area (Å²) in [4.78, 5) is 22.1. The molecule has 3 heterocycles. The van der Waals surface area contributed by atoms with Gasteiger partial charge in [-0.25, -0.2) is 4.98 Å². The third kappa shape index (κ3) is 3.90. The van der Waals surface area contributed by atoms with Crippen LogP contribution in [-0.4, -0.2) is 33.9 Å². The second kappa shape index (κ2) is 6.98. The minimum atomic E-state index is -0.0726. The minimum Gasteiger partial charge on any atom is -0.302 e. The number of aromatic nitrogens is 2. The minimum absolute atomic E-state index is 0.0726. The zero-order chi connectivity index (χ0) is 15.4. The lowest BCUT2D eigenvalue weighted by atomic mass is 9.91. The van der Waals surface area contributed by atoms with Gasteiger partial charge in [0.2, 0.25) is 5.91 Å². The highest BCUT2D eigenvalue weighted by molar-refractivity contribution is 7.13. The monoisotopic (exact) mass is 316 g/mol. The Bertz CT molecular complexity index is 628. The standard InChI is InChI=1S/C16H20N4OS/c1-12(21)18-16-19-15(11-22-16)10-20-8-2-3-14(9-20)13-4-6-17-7-5-13/h4-7,11,14H,2-3,8-10H2,1H3,(H,18,19,21)/t14-/m0/s1. The van der Waals surface area contributed by atoms with Crippen LogP contribution < -0.4 is 5.32 Å². The first-order valence-electron chi connectivity index (χ1n) is 7.55. The van der Waals surface area contributed by atoms with Crippen LogP contribution in [0.1, 0.15) is 36.9 Å². The predicted octanol–water partition coefficient (Wildman–Crippen LogP) is 2.88. The number of nitrogens with one attached hydrogen (secondary N) is 1. The molecule has 1 aliphatic heterocycles. The van der Waals surface area contributed by atoms with E-state index in [0.29, 0.717) is 11.0 Å². The number of hydrogen-bond donors (Lipinski definition) is 1. The Labute approximate surface area is 134 Å². The van der Waals surface area contributed by atoms with E-state index in [1.165, 1.54) is 36.7 Å². The van der Waals surface area contributed by atoms with E-state index in [1.54, 1.807) is 0 Å². The number of hydrogen-bond acceptors (Lipinski definition) is 5. The molecule has 0 bridgehead atoms. The Kier molecular flexibility index (Phi) is 4.80. The third-order valence-corrected chi connectivity index (χ3v) is 4.71. The maximum atomic E-state index is 11.1. The van der Waals surface area contributed by atoms with Crippen molar-refractivity contribution in [2.45, 2.75) is 32.2 Å². The first kappa shape index (κ1) is 15.1. The lowest BCUT2D eigenvalue weighted by Crippen LogP contribution is -2.34. The molecule has 1 aliphatic rings. The topological polar surface area (TPSA) is 58.1 Å². The van der Waals surface area contributed by atoms with Crippen molar-refractivity contribution in [2.75, 3.05) is 18.4 Å². The third-order valence-electron chi connectivity index (χ3n) is 3.90. The smallest absolute Gasteiger partial charge is 0.223 e. The molecule has 116 valence electrons. The highest BCUT2D eigenvalue weighted by Crippen LogP contribution is 2.27. The number of nitrogens with zero attached hydrogens (tertiary/aromatic N) is 3. The van der Waals surface area contributed by atoms with E-state index in [4.69, 9.17) is 0 Å². The zero-order valence-corrected chi connectivity index (χ0v) is 13.5. The lowest BCUT2D eigenvalue weighted by Gasteiger charge is -2.32. The molecule has 1 amide bonds. The Morgan fingerprint density at radius 2 is 2.27 bits per heavy atom. The highest BCUT2D eigenvalue weighted by Gasteiger charge is 2.21. The summed E-state index contributed by atoms with van der Waals surface area (Å²) in [6.07, 6.45) is 6.17. The van der Waals surface area contributed by atoms with Crippen LogP contribution in [0.3, 0.4) is 0 Å². The number of carbonyl (C=O) groups excluding carboxylic acids is 1. The molecule has 0 aromatic carbocycles.